The molecular weight excluding hydrogens is 252 g/mol. The summed E-state index contributed by atoms with van der Waals surface area (Å²) in [6, 6.07) is 5.64. The maximum Gasteiger partial charge on any atom is 0.319 e. The molecule has 1 atom stereocenters. The molecule has 1 aromatic heterocycles. The molecule has 94 valence electrons. The van der Waals surface area contributed by atoms with E-state index in [9.17, 15) is 4.79 Å². The molecule has 0 saturated carbocycles. The number of esters is 1. The first-order valence-electron chi connectivity index (χ1n) is 5.63. The number of cyclic esters (lactones) is 1. The Hall–Kier alpha value is -1.69. The van der Waals surface area contributed by atoms with Crippen molar-refractivity contribution in [3.63, 3.8) is 0 Å². The van der Waals surface area contributed by atoms with Gasteiger partial charge in [-0.1, -0.05) is 11.8 Å². The first-order valence-corrected chi connectivity index (χ1v) is 6.51. The fraction of sp³-hybridized carbons (Fsp3) is 0.333. The van der Waals surface area contributed by atoms with Gasteiger partial charge in [-0.15, -0.1) is 0 Å². The lowest BCUT2D eigenvalue weighted by atomic mass is 10.3. The summed E-state index contributed by atoms with van der Waals surface area (Å²) in [6.07, 6.45) is 0.740. The van der Waals surface area contributed by atoms with Gasteiger partial charge in [0.25, 0.3) is 0 Å². The zero-order chi connectivity index (χ0) is 12.5. The number of carbonyl (C=O) groups excluding carboxylic acids is 1. The van der Waals surface area contributed by atoms with Crippen LogP contribution in [0.5, 0.6) is 5.75 Å². The fourth-order valence-corrected chi connectivity index (χ4v) is 2.84. The number of imidazole rings is 1. The molecule has 6 heteroatoms. The number of carbonyl (C=O) groups is 1. The van der Waals surface area contributed by atoms with Crippen LogP contribution >= 0.6 is 11.8 Å². The van der Waals surface area contributed by atoms with Gasteiger partial charge in [0.1, 0.15) is 11.0 Å². The molecule has 3 rings (SSSR count). The normalized spacial score (nSPS) is 19.2. The number of methoxy groups -OCH3 is 1. The van der Waals surface area contributed by atoms with Crippen molar-refractivity contribution in [3.05, 3.63) is 18.2 Å². The summed E-state index contributed by atoms with van der Waals surface area (Å²) in [5, 5.41) is 0.592. The minimum atomic E-state index is -0.155. The van der Waals surface area contributed by atoms with Crippen molar-refractivity contribution in [1.82, 2.24) is 9.97 Å². The Kier molecular flexibility index (Phi) is 2.87. The average molecular weight is 264 g/mol. The fourth-order valence-electron chi connectivity index (χ4n) is 1.87. The summed E-state index contributed by atoms with van der Waals surface area (Å²) in [4.78, 5) is 19.0. The van der Waals surface area contributed by atoms with Gasteiger partial charge in [-0.25, -0.2) is 4.98 Å². The number of aromatic nitrogens is 2. The molecular formula is C12H12N2O3S. The lowest BCUT2D eigenvalue weighted by molar-refractivity contribution is -0.137. The monoisotopic (exact) mass is 264 g/mol. The topological polar surface area (TPSA) is 64.2 Å². The van der Waals surface area contributed by atoms with Crippen molar-refractivity contribution < 1.29 is 14.3 Å². The van der Waals surface area contributed by atoms with Crippen LogP contribution in [0.15, 0.2) is 23.4 Å². The lowest BCUT2D eigenvalue weighted by Gasteiger charge is -2.00. The van der Waals surface area contributed by atoms with E-state index in [-0.39, 0.29) is 11.2 Å². The third-order valence-corrected chi connectivity index (χ3v) is 3.94. The highest BCUT2D eigenvalue weighted by atomic mass is 32.2. The summed E-state index contributed by atoms with van der Waals surface area (Å²) in [6.45, 7) is 0.505. The van der Waals surface area contributed by atoms with Crippen LogP contribution in [0.3, 0.4) is 0 Å². The second-order valence-corrected chi connectivity index (χ2v) is 5.18. The van der Waals surface area contributed by atoms with Gasteiger partial charge in [-0.3, -0.25) is 4.79 Å². The molecule has 18 heavy (non-hydrogen) atoms. The van der Waals surface area contributed by atoms with E-state index in [0.29, 0.717) is 6.61 Å². The van der Waals surface area contributed by atoms with Crippen molar-refractivity contribution >= 4 is 28.8 Å². The molecule has 0 spiro atoms. The van der Waals surface area contributed by atoms with Gasteiger partial charge in [-0.2, -0.15) is 0 Å². The Morgan fingerprint density at radius 2 is 2.44 bits per heavy atom. The van der Waals surface area contributed by atoms with E-state index >= 15 is 0 Å². The Labute approximate surface area is 108 Å². The molecule has 1 aliphatic heterocycles. The van der Waals surface area contributed by atoms with E-state index in [1.54, 1.807) is 7.11 Å². The quantitative estimate of drug-likeness (QED) is 0.859. The highest BCUT2D eigenvalue weighted by Crippen LogP contribution is 2.29. The zero-order valence-corrected chi connectivity index (χ0v) is 10.6. The van der Waals surface area contributed by atoms with Gasteiger partial charge in [0.2, 0.25) is 0 Å². The summed E-state index contributed by atoms with van der Waals surface area (Å²) < 4.78 is 10.1. The van der Waals surface area contributed by atoms with Crippen molar-refractivity contribution in [3.8, 4) is 5.75 Å². The summed E-state index contributed by atoms with van der Waals surface area (Å²) in [5.41, 5.74) is 1.77. The van der Waals surface area contributed by atoms with E-state index in [1.165, 1.54) is 11.8 Å². The van der Waals surface area contributed by atoms with Gasteiger partial charge in [0.05, 0.1) is 24.8 Å². The summed E-state index contributed by atoms with van der Waals surface area (Å²) >= 11 is 1.42. The molecule has 5 nitrogen and oxygen atoms in total. The highest BCUT2D eigenvalue weighted by Gasteiger charge is 2.28. The molecule has 1 N–H and O–H groups in total. The van der Waals surface area contributed by atoms with Crippen LogP contribution in [0.25, 0.3) is 11.0 Å². The molecule has 1 aromatic carbocycles. The molecule has 2 aromatic rings. The van der Waals surface area contributed by atoms with Gasteiger partial charge in [0.15, 0.2) is 5.16 Å². The standard InChI is InChI=1S/C12H12N2O3S/c1-16-7-2-3-8-9(6-7)14-12(13-8)18-10-4-5-17-11(10)15/h2-3,6,10H,4-5H2,1H3,(H,13,14). The molecule has 0 amide bonds. The number of hydrogen-bond acceptors (Lipinski definition) is 5. The highest BCUT2D eigenvalue weighted by molar-refractivity contribution is 8.00. The zero-order valence-electron chi connectivity index (χ0n) is 9.80. The van der Waals surface area contributed by atoms with Gasteiger partial charge < -0.3 is 14.5 Å². The predicted octanol–water partition coefficient (Wildman–Crippen LogP) is 1.98. The van der Waals surface area contributed by atoms with E-state index in [0.717, 1.165) is 28.4 Å². The number of aromatic amines is 1. The molecule has 1 fully saturated rings. The second-order valence-electron chi connectivity index (χ2n) is 3.99. The Morgan fingerprint density at radius 3 is 3.17 bits per heavy atom. The number of thioether (sulfide) groups is 1. The molecule has 1 unspecified atom stereocenters. The van der Waals surface area contributed by atoms with Gasteiger partial charge in [0, 0.05) is 12.5 Å². The molecule has 0 aliphatic carbocycles. The third kappa shape index (κ3) is 2.03. The lowest BCUT2D eigenvalue weighted by Crippen LogP contribution is -2.09. The number of rotatable bonds is 3. The van der Waals surface area contributed by atoms with Crippen LogP contribution in [0, 0.1) is 0 Å². The van der Waals surface area contributed by atoms with E-state index < -0.39 is 0 Å². The number of fused-ring (bicyclic) bond motifs is 1. The van der Waals surface area contributed by atoms with Crippen LogP contribution in [-0.4, -0.2) is 34.9 Å². The number of H-pyrrole nitrogens is 1. The third-order valence-electron chi connectivity index (χ3n) is 2.81. The van der Waals surface area contributed by atoms with Crippen LogP contribution < -0.4 is 4.74 Å². The molecule has 1 saturated heterocycles. The number of nitrogens with one attached hydrogen (secondary N) is 1. The van der Waals surface area contributed by atoms with Crippen molar-refractivity contribution in [2.24, 2.45) is 0 Å². The Balaban J connectivity index is 1.86. The maximum absolute atomic E-state index is 11.4. The first kappa shape index (κ1) is 11.4. The number of hydrogen-bond donors (Lipinski definition) is 1. The Morgan fingerprint density at radius 1 is 1.56 bits per heavy atom. The largest absolute Gasteiger partial charge is 0.497 e. The van der Waals surface area contributed by atoms with Crippen molar-refractivity contribution in [2.45, 2.75) is 16.8 Å². The van der Waals surface area contributed by atoms with Crippen LogP contribution in [0.4, 0.5) is 0 Å². The van der Waals surface area contributed by atoms with Gasteiger partial charge >= 0.3 is 5.97 Å². The number of ether oxygens (including phenoxy) is 2. The predicted molar refractivity (Wildman–Crippen MR) is 67.9 cm³/mol. The minimum absolute atomic E-state index is 0.146. The van der Waals surface area contributed by atoms with Crippen LogP contribution in [0.1, 0.15) is 6.42 Å². The average Bonchev–Trinajstić information content (AvgIpc) is 2.95. The van der Waals surface area contributed by atoms with Crippen molar-refractivity contribution in [1.29, 1.82) is 0 Å². The first-order chi connectivity index (χ1) is 8.76. The Bertz CT molecular complexity index is 596. The van der Waals surface area contributed by atoms with E-state index in [2.05, 4.69) is 9.97 Å². The van der Waals surface area contributed by atoms with E-state index in [4.69, 9.17) is 9.47 Å². The molecule has 2 heterocycles. The second kappa shape index (κ2) is 4.53. The maximum atomic E-state index is 11.4. The summed E-state index contributed by atoms with van der Waals surface area (Å²) in [5.74, 6) is 0.626. The van der Waals surface area contributed by atoms with Crippen molar-refractivity contribution in [2.75, 3.05) is 13.7 Å². The smallest absolute Gasteiger partial charge is 0.319 e. The number of benzene rings is 1. The summed E-state index contributed by atoms with van der Waals surface area (Å²) in [7, 11) is 1.63. The molecule has 0 radical (unpaired) electrons. The number of nitrogens with zero attached hydrogens (tertiary/aromatic N) is 1. The molecule has 1 aliphatic rings. The van der Waals surface area contributed by atoms with Crippen LogP contribution in [-0.2, 0) is 9.53 Å². The van der Waals surface area contributed by atoms with E-state index in [1.807, 2.05) is 18.2 Å². The minimum Gasteiger partial charge on any atom is -0.497 e. The van der Waals surface area contributed by atoms with Crippen LogP contribution in [0.2, 0.25) is 0 Å². The SMILES string of the molecule is COc1ccc2nc(SC3CCOC3=O)[nH]c2c1. The van der Waals surface area contributed by atoms with Gasteiger partial charge in [-0.05, 0) is 12.1 Å². The molecule has 0 bridgehead atoms.